The molecule has 1 aromatic rings. The van der Waals surface area contributed by atoms with Gasteiger partial charge in [-0.3, -0.25) is 0 Å². The molecule has 0 aliphatic rings. The van der Waals surface area contributed by atoms with Gasteiger partial charge in [0.2, 0.25) is 0 Å². The van der Waals surface area contributed by atoms with Crippen LogP contribution in [-0.4, -0.2) is 29.9 Å². The van der Waals surface area contributed by atoms with Crippen molar-refractivity contribution < 1.29 is 10.2 Å². The number of nitrogens with two attached hydrogens (primary N) is 1. The number of rotatable bonds is 6. The van der Waals surface area contributed by atoms with E-state index in [2.05, 4.69) is 18.7 Å². The molecule has 1 unspecified atom stereocenters. The molecular formula is C13H23ClN2O2. The molecule has 1 aromatic carbocycles. The summed E-state index contributed by atoms with van der Waals surface area (Å²) in [6.07, 6.45) is 0.457. The quantitative estimate of drug-likeness (QED) is 0.743. The van der Waals surface area contributed by atoms with Crippen LogP contribution in [0.1, 0.15) is 31.9 Å². The molecule has 0 radical (unpaired) electrons. The number of phenols is 1. The number of aliphatic hydroxyl groups excluding tert-OH is 1. The van der Waals surface area contributed by atoms with E-state index >= 15 is 0 Å². The molecular weight excluding hydrogens is 252 g/mol. The van der Waals surface area contributed by atoms with Gasteiger partial charge in [-0.1, -0.05) is 6.07 Å². The second kappa shape index (κ2) is 8.19. The van der Waals surface area contributed by atoms with Crippen LogP contribution in [-0.2, 0) is 0 Å². The highest BCUT2D eigenvalue weighted by molar-refractivity contribution is 5.85. The van der Waals surface area contributed by atoms with Crippen LogP contribution in [0.5, 0.6) is 5.75 Å². The van der Waals surface area contributed by atoms with Gasteiger partial charge >= 0.3 is 0 Å². The summed E-state index contributed by atoms with van der Waals surface area (Å²) >= 11 is 0. The summed E-state index contributed by atoms with van der Waals surface area (Å²) in [5, 5.41) is 18.8. The van der Waals surface area contributed by atoms with Crippen LogP contribution < -0.4 is 10.6 Å². The Labute approximate surface area is 115 Å². The second-order valence-electron chi connectivity index (χ2n) is 4.03. The van der Waals surface area contributed by atoms with Crippen LogP contribution in [0, 0.1) is 0 Å². The first-order valence-corrected chi connectivity index (χ1v) is 6.08. The topological polar surface area (TPSA) is 69.7 Å². The maximum absolute atomic E-state index is 9.94. The highest BCUT2D eigenvalue weighted by Crippen LogP contribution is 2.29. The maximum Gasteiger partial charge on any atom is 0.122 e. The third kappa shape index (κ3) is 4.05. The SMILES string of the molecule is CCN(CC)c1ccc(C(N)CCO)c(O)c1.Cl. The highest BCUT2D eigenvalue weighted by atomic mass is 35.5. The van der Waals surface area contributed by atoms with Gasteiger partial charge in [0.05, 0.1) is 0 Å². The van der Waals surface area contributed by atoms with Gasteiger partial charge in [0.1, 0.15) is 5.75 Å². The van der Waals surface area contributed by atoms with Crippen LogP contribution in [0.4, 0.5) is 5.69 Å². The minimum atomic E-state index is -0.314. The molecule has 0 saturated heterocycles. The Bertz CT molecular complexity index is 357. The number of hydrogen-bond donors (Lipinski definition) is 3. The minimum absolute atomic E-state index is 0. The van der Waals surface area contributed by atoms with Crippen molar-refractivity contribution in [2.75, 3.05) is 24.6 Å². The zero-order chi connectivity index (χ0) is 12.8. The summed E-state index contributed by atoms with van der Waals surface area (Å²) in [4.78, 5) is 2.15. The number of aliphatic hydroxyl groups is 1. The Kier molecular flexibility index (Phi) is 7.75. The number of nitrogens with zero attached hydrogens (tertiary/aromatic N) is 1. The summed E-state index contributed by atoms with van der Waals surface area (Å²) < 4.78 is 0. The van der Waals surface area contributed by atoms with Gasteiger partial charge in [0, 0.05) is 43.1 Å². The van der Waals surface area contributed by atoms with E-state index in [4.69, 9.17) is 10.8 Å². The predicted molar refractivity (Wildman–Crippen MR) is 77.5 cm³/mol. The number of aromatic hydroxyl groups is 1. The van der Waals surface area contributed by atoms with Gasteiger partial charge in [-0.05, 0) is 26.3 Å². The number of benzene rings is 1. The molecule has 4 N–H and O–H groups in total. The van der Waals surface area contributed by atoms with E-state index in [1.54, 1.807) is 6.07 Å². The van der Waals surface area contributed by atoms with E-state index in [1.807, 2.05) is 12.1 Å². The Morgan fingerprint density at radius 3 is 2.33 bits per heavy atom. The lowest BCUT2D eigenvalue weighted by Crippen LogP contribution is -2.22. The van der Waals surface area contributed by atoms with Gasteiger partial charge < -0.3 is 20.8 Å². The van der Waals surface area contributed by atoms with Gasteiger partial charge in [0.15, 0.2) is 0 Å². The molecule has 0 spiro atoms. The molecule has 0 fully saturated rings. The highest BCUT2D eigenvalue weighted by Gasteiger charge is 2.12. The summed E-state index contributed by atoms with van der Waals surface area (Å²) in [7, 11) is 0. The van der Waals surface area contributed by atoms with E-state index < -0.39 is 0 Å². The number of halogens is 1. The fourth-order valence-corrected chi connectivity index (χ4v) is 1.93. The lowest BCUT2D eigenvalue weighted by atomic mass is 10.0. The third-order valence-electron chi connectivity index (χ3n) is 2.98. The standard InChI is InChI=1S/C13H22N2O2.ClH/c1-3-15(4-2)10-5-6-11(13(17)9-10)12(14)7-8-16;/h5-6,9,12,16-17H,3-4,7-8,14H2,1-2H3;1H. The van der Waals surface area contributed by atoms with Gasteiger partial charge in [-0.15, -0.1) is 12.4 Å². The summed E-state index contributed by atoms with van der Waals surface area (Å²) in [5.74, 6) is 0.204. The van der Waals surface area contributed by atoms with E-state index in [0.717, 1.165) is 18.8 Å². The van der Waals surface area contributed by atoms with Crippen LogP contribution >= 0.6 is 12.4 Å². The zero-order valence-electron chi connectivity index (χ0n) is 11.0. The van der Waals surface area contributed by atoms with Crippen LogP contribution in [0.3, 0.4) is 0 Å². The molecule has 0 heterocycles. The van der Waals surface area contributed by atoms with E-state index in [9.17, 15) is 5.11 Å². The molecule has 0 saturated carbocycles. The maximum atomic E-state index is 9.94. The third-order valence-corrected chi connectivity index (χ3v) is 2.98. The van der Waals surface area contributed by atoms with E-state index in [-0.39, 0.29) is 30.8 Å². The molecule has 104 valence electrons. The second-order valence-corrected chi connectivity index (χ2v) is 4.03. The molecule has 4 nitrogen and oxygen atoms in total. The van der Waals surface area contributed by atoms with Crippen LogP contribution in [0.15, 0.2) is 18.2 Å². The fraction of sp³-hybridized carbons (Fsp3) is 0.538. The first-order valence-electron chi connectivity index (χ1n) is 6.08. The Morgan fingerprint density at radius 2 is 1.89 bits per heavy atom. The molecule has 0 aliphatic heterocycles. The van der Waals surface area contributed by atoms with Crippen molar-refractivity contribution in [3.8, 4) is 5.75 Å². The first kappa shape index (κ1) is 17.0. The van der Waals surface area contributed by atoms with Gasteiger partial charge in [-0.2, -0.15) is 0 Å². The fourth-order valence-electron chi connectivity index (χ4n) is 1.93. The van der Waals surface area contributed by atoms with Crippen molar-refractivity contribution in [3.63, 3.8) is 0 Å². The average molecular weight is 275 g/mol. The Hall–Kier alpha value is -0.970. The normalized spacial score (nSPS) is 11.8. The van der Waals surface area contributed by atoms with Crippen molar-refractivity contribution in [1.29, 1.82) is 0 Å². The Morgan fingerprint density at radius 1 is 1.28 bits per heavy atom. The zero-order valence-corrected chi connectivity index (χ0v) is 11.8. The van der Waals surface area contributed by atoms with E-state index in [0.29, 0.717) is 12.0 Å². The predicted octanol–water partition coefficient (Wildman–Crippen LogP) is 2.04. The summed E-state index contributed by atoms with van der Waals surface area (Å²) in [6.45, 7) is 5.98. The minimum Gasteiger partial charge on any atom is -0.508 e. The molecule has 5 heteroatoms. The van der Waals surface area contributed by atoms with Crippen molar-refractivity contribution in [2.45, 2.75) is 26.3 Å². The number of phenolic OH excluding ortho intramolecular Hbond substituents is 1. The van der Waals surface area contributed by atoms with Crippen LogP contribution in [0.2, 0.25) is 0 Å². The molecule has 1 rings (SSSR count). The van der Waals surface area contributed by atoms with Crippen LogP contribution in [0.25, 0.3) is 0 Å². The van der Waals surface area contributed by atoms with Crippen molar-refractivity contribution in [1.82, 2.24) is 0 Å². The van der Waals surface area contributed by atoms with Crippen molar-refractivity contribution in [2.24, 2.45) is 5.73 Å². The number of anilines is 1. The van der Waals surface area contributed by atoms with E-state index in [1.165, 1.54) is 0 Å². The smallest absolute Gasteiger partial charge is 0.122 e. The number of hydrogen-bond acceptors (Lipinski definition) is 4. The van der Waals surface area contributed by atoms with Gasteiger partial charge in [0.25, 0.3) is 0 Å². The molecule has 0 aliphatic carbocycles. The molecule has 18 heavy (non-hydrogen) atoms. The monoisotopic (exact) mass is 274 g/mol. The molecule has 0 bridgehead atoms. The van der Waals surface area contributed by atoms with Crippen molar-refractivity contribution in [3.05, 3.63) is 23.8 Å². The molecule has 0 amide bonds. The largest absolute Gasteiger partial charge is 0.508 e. The Balaban J connectivity index is 0.00000289. The summed E-state index contributed by atoms with van der Waals surface area (Å²) in [6, 6.07) is 5.22. The summed E-state index contributed by atoms with van der Waals surface area (Å²) in [5.41, 5.74) is 7.55. The molecule has 0 aromatic heterocycles. The lowest BCUT2D eigenvalue weighted by Gasteiger charge is -2.22. The lowest BCUT2D eigenvalue weighted by molar-refractivity contribution is 0.275. The van der Waals surface area contributed by atoms with Crippen molar-refractivity contribution >= 4 is 18.1 Å². The average Bonchev–Trinajstić information content (AvgIpc) is 2.31. The first-order chi connectivity index (χ1) is 8.13. The molecule has 1 atom stereocenters. The van der Waals surface area contributed by atoms with Gasteiger partial charge in [-0.25, -0.2) is 0 Å².